The maximum atomic E-state index is 13.4. The highest BCUT2D eigenvalue weighted by atomic mass is 19.4. The molecular formula is C22H21F3N4O. The van der Waals surface area contributed by atoms with Crippen LogP contribution in [0.5, 0.6) is 0 Å². The van der Waals surface area contributed by atoms with E-state index in [2.05, 4.69) is 15.3 Å². The summed E-state index contributed by atoms with van der Waals surface area (Å²) in [6.07, 6.45) is -2.58. The number of benzene rings is 2. The lowest BCUT2D eigenvalue weighted by Crippen LogP contribution is -2.50. The summed E-state index contributed by atoms with van der Waals surface area (Å²) < 4.78 is 40.2. The molecule has 2 aromatic carbocycles. The molecule has 1 amide bonds. The van der Waals surface area contributed by atoms with Crippen LogP contribution in [-0.4, -0.2) is 41.2 Å². The van der Waals surface area contributed by atoms with Gasteiger partial charge in [0.05, 0.1) is 5.69 Å². The summed E-state index contributed by atoms with van der Waals surface area (Å²) in [6, 6.07) is 13.9. The quantitative estimate of drug-likeness (QED) is 0.696. The van der Waals surface area contributed by atoms with Crippen molar-refractivity contribution in [3.05, 3.63) is 54.7 Å². The van der Waals surface area contributed by atoms with Crippen LogP contribution in [0.1, 0.15) is 13.3 Å². The molecule has 156 valence electrons. The van der Waals surface area contributed by atoms with Gasteiger partial charge in [0.1, 0.15) is 6.04 Å². The van der Waals surface area contributed by atoms with Crippen LogP contribution in [0.3, 0.4) is 0 Å². The molecule has 4 rings (SSSR count). The maximum absolute atomic E-state index is 13.4. The molecule has 0 bridgehead atoms. The second-order valence-electron chi connectivity index (χ2n) is 7.52. The number of nitrogens with zero attached hydrogens (tertiary/aromatic N) is 3. The number of hydrogen-bond donors (Lipinski definition) is 1. The predicted molar refractivity (Wildman–Crippen MR) is 109 cm³/mol. The van der Waals surface area contributed by atoms with E-state index >= 15 is 0 Å². The number of nitrogens with one attached hydrogen (secondary N) is 1. The largest absolute Gasteiger partial charge is 0.408 e. The van der Waals surface area contributed by atoms with Gasteiger partial charge in [-0.25, -0.2) is 9.97 Å². The van der Waals surface area contributed by atoms with Crippen LogP contribution in [0.25, 0.3) is 22.0 Å². The van der Waals surface area contributed by atoms with Gasteiger partial charge in [-0.2, -0.15) is 13.2 Å². The summed E-state index contributed by atoms with van der Waals surface area (Å²) >= 11 is 0. The van der Waals surface area contributed by atoms with Crippen molar-refractivity contribution < 1.29 is 18.0 Å². The molecule has 1 unspecified atom stereocenters. The zero-order valence-electron chi connectivity index (χ0n) is 16.4. The summed E-state index contributed by atoms with van der Waals surface area (Å²) in [7, 11) is 0. The van der Waals surface area contributed by atoms with Gasteiger partial charge in [-0.15, -0.1) is 0 Å². The molecule has 1 aromatic heterocycles. The molecule has 0 saturated carbocycles. The van der Waals surface area contributed by atoms with E-state index in [-0.39, 0.29) is 6.54 Å². The number of fused-ring (bicyclic) bond motifs is 1. The molecular weight excluding hydrogens is 393 g/mol. The predicted octanol–water partition coefficient (Wildman–Crippen LogP) is 4.19. The van der Waals surface area contributed by atoms with E-state index in [0.29, 0.717) is 24.6 Å². The fraction of sp³-hybridized carbons (Fsp3) is 0.318. The average molecular weight is 414 g/mol. The first-order valence-corrected chi connectivity index (χ1v) is 9.72. The Balaban J connectivity index is 1.56. The fourth-order valence-corrected chi connectivity index (χ4v) is 3.94. The summed E-state index contributed by atoms with van der Waals surface area (Å²) in [5.74, 6) is -1.04. The van der Waals surface area contributed by atoms with Crippen molar-refractivity contribution in [2.24, 2.45) is 5.92 Å². The zero-order chi connectivity index (χ0) is 21.3. The van der Waals surface area contributed by atoms with Gasteiger partial charge in [0.25, 0.3) is 0 Å². The number of alkyl halides is 3. The molecule has 1 aliphatic rings. The molecule has 0 aliphatic carbocycles. The third-order valence-corrected chi connectivity index (χ3v) is 5.38. The molecule has 0 radical (unpaired) electrons. The molecule has 8 heteroatoms. The average Bonchev–Trinajstić information content (AvgIpc) is 3.20. The van der Waals surface area contributed by atoms with Crippen LogP contribution in [0, 0.1) is 5.92 Å². The van der Waals surface area contributed by atoms with Gasteiger partial charge in [-0.05, 0) is 29.3 Å². The number of amides is 1. The molecule has 3 aromatic rings. The smallest absolute Gasteiger partial charge is 0.344 e. The van der Waals surface area contributed by atoms with Crippen molar-refractivity contribution in [1.29, 1.82) is 0 Å². The first-order valence-electron chi connectivity index (χ1n) is 9.72. The summed E-state index contributed by atoms with van der Waals surface area (Å²) in [4.78, 5) is 21.9. The van der Waals surface area contributed by atoms with Crippen molar-refractivity contribution in [1.82, 2.24) is 15.3 Å². The summed E-state index contributed by atoms with van der Waals surface area (Å²) in [5.41, 5.74) is 1.63. The Hall–Kier alpha value is -3.16. The SMILES string of the molecule is CC(=O)NC([C@H]1CCN(c2nccc(-c3ccc4ccccc4c3)n2)C1)C(F)(F)F. The van der Waals surface area contributed by atoms with Crippen molar-refractivity contribution >= 4 is 22.6 Å². The number of aromatic nitrogens is 2. The van der Waals surface area contributed by atoms with Gasteiger partial charge in [0, 0.05) is 37.7 Å². The van der Waals surface area contributed by atoms with E-state index in [0.717, 1.165) is 23.3 Å². The van der Waals surface area contributed by atoms with Gasteiger partial charge in [-0.3, -0.25) is 4.79 Å². The Kier molecular flexibility index (Phi) is 5.32. The molecule has 1 aliphatic heterocycles. The lowest BCUT2D eigenvalue weighted by atomic mass is 9.98. The van der Waals surface area contributed by atoms with Crippen LogP contribution in [-0.2, 0) is 4.79 Å². The van der Waals surface area contributed by atoms with E-state index in [1.54, 1.807) is 17.2 Å². The normalized spacial score (nSPS) is 17.9. The molecule has 1 fully saturated rings. The van der Waals surface area contributed by atoms with Crippen molar-refractivity contribution in [2.45, 2.75) is 25.6 Å². The van der Waals surface area contributed by atoms with E-state index < -0.39 is 24.0 Å². The Labute approximate surface area is 171 Å². The van der Waals surface area contributed by atoms with Gasteiger partial charge in [-0.1, -0.05) is 36.4 Å². The molecule has 0 spiro atoms. The van der Waals surface area contributed by atoms with E-state index in [9.17, 15) is 18.0 Å². The van der Waals surface area contributed by atoms with Crippen LogP contribution in [0.4, 0.5) is 19.1 Å². The van der Waals surface area contributed by atoms with E-state index in [4.69, 9.17) is 0 Å². The van der Waals surface area contributed by atoms with Crippen LogP contribution in [0.2, 0.25) is 0 Å². The van der Waals surface area contributed by atoms with E-state index in [1.165, 1.54) is 0 Å². The molecule has 5 nitrogen and oxygen atoms in total. The minimum atomic E-state index is -4.50. The lowest BCUT2D eigenvalue weighted by Gasteiger charge is -2.26. The van der Waals surface area contributed by atoms with Gasteiger partial charge in [0.15, 0.2) is 0 Å². The Morgan fingerprint density at radius 3 is 2.67 bits per heavy atom. The molecule has 2 atom stereocenters. The number of rotatable bonds is 4. The van der Waals surface area contributed by atoms with Gasteiger partial charge >= 0.3 is 6.18 Å². The summed E-state index contributed by atoms with van der Waals surface area (Å²) in [6.45, 7) is 1.63. The third-order valence-electron chi connectivity index (χ3n) is 5.38. The Bertz CT molecular complexity index is 1070. The highest BCUT2D eigenvalue weighted by Gasteiger charge is 2.47. The number of anilines is 1. The Morgan fingerprint density at radius 2 is 1.93 bits per heavy atom. The monoisotopic (exact) mass is 414 g/mol. The van der Waals surface area contributed by atoms with Crippen LogP contribution < -0.4 is 10.2 Å². The zero-order valence-corrected chi connectivity index (χ0v) is 16.4. The number of carbonyl (C=O) groups excluding carboxylic acids is 1. The highest BCUT2D eigenvalue weighted by molar-refractivity contribution is 5.86. The molecule has 1 N–H and O–H groups in total. The molecule has 2 heterocycles. The second kappa shape index (κ2) is 7.93. The van der Waals surface area contributed by atoms with Crippen molar-refractivity contribution in [2.75, 3.05) is 18.0 Å². The standard InChI is InChI=1S/C22H21F3N4O/c1-14(30)27-20(22(23,24)25)18-9-11-29(13-18)21-26-10-8-19(28-21)17-7-6-15-4-2-3-5-16(15)12-17/h2-8,10,12,18,20H,9,11,13H2,1H3,(H,27,30)/t18-,20?/m0/s1. The minimum Gasteiger partial charge on any atom is -0.344 e. The fourth-order valence-electron chi connectivity index (χ4n) is 3.94. The topological polar surface area (TPSA) is 58.1 Å². The minimum absolute atomic E-state index is 0.131. The lowest BCUT2D eigenvalue weighted by molar-refractivity contribution is -0.170. The van der Waals surface area contributed by atoms with E-state index in [1.807, 2.05) is 42.5 Å². The number of halogens is 3. The van der Waals surface area contributed by atoms with Crippen LogP contribution in [0.15, 0.2) is 54.7 Å². The number of hydrogen-bond acceptors (Lipinski definition) is 4. The number of carbonyl (C=O) groups is 1. The molecule has 1 saturated heterocycles. The first kappa shape index (κ1) is 20.1. The molecule has 30 heavy (non-hydrogen) atoms. The maximum Gasteiger partial charge on any atom is 0.408 e. The van der Waals surface area contributed by atoms with Crippen molar-refractivity contribution in [3.63, 3.8) is 0 Å². The third kappa shape index (κ3) is 4.22. The van der Waals surface area contributed by atoms with Gasteiger partial charge in [0.2, 0.25) is 11.9 Å². The highest BCUT2D eigenvalue weighted by Crippen LogP contribution is 2.33. The first-order chi connectivity index (χ1) is 14.3. The summed E-state index contributed by atoms with van der Waals surface area (Å²) in [5, 5.41) is 4.26. The Morgan fingerprint density at radius 1 is 1.17 bits per heavy atom. The second-order valence-corrected chi connectivity index (χ2v) is 7.52. The van der Waals surface area contributed by atoms with Gasteiger partial charge < -0.3 is 10.2 Å². The van der Waals surface area contributed by atoms with Crippen molar-refractivity contribution in [3.8, 4) is 11.3 Å². The van der Waals surface area contributed by atoms with Crippen LogP contribution >= 0.6 is 0 Å².